The lowest BCUT2D eigenvalue weighted by molar-refractivity contribution is -0.121. The number of benzene rings is 2. The molecule has 146 valence electrons. The van der Waals surface area contributed by atoms with Crippen molar-refractivity contribution in [3.8, 4) is 11.5 Å². The molecule has 27 heavy (non-hydrogen) atoms. The zero-order valence-corrected chi connectivity index (χ0v) is 15.8. The molecule has 0 saturated heterocycles. The Balaban J connectivity index is 1.59. The summed E-state index contributed by atoms with van der Waals surface area (Å²) in [4.78, 5) is 11.9. The Morgan fingerprint density at radius 1 is 0.963 bits per heavy atom. The molecule has 0 aliphatic rings. The molecular formula is C21H27NO5. The summed E-state index contributed by atoms with van der Waals surface area (Å²) in [6.45, 7) is 0.724. The number of amides is 1. The highest BCUT2D eigenvalue weighted by molar-refractivity contribution is 5.76. The number of methoxy groups -OCH3 is 2. The molecule has 0 heterocycles. The Morgan fingerprint density at radius 3 is 2.07 bits per heavy atom. The van der Waals surface area contributed by atoms with E-state index >= 15 is 0 Å². The maximum Gasteiger partial charge on any atom is 0.220 e. The standard InChI is InChI=1S/C21H27NO5/c1-25-19-8-3-16(4-9-19)7-12-21(24)22-13-18(23)15-27-14-17-5-10-20(26-2)11-6-17/h3-6,8-11,18,23H,7,12-15H2,1-2H3,(H,22,24). The van der Waals surface area contributed by atoms with Crippen molar-refractivity contribution in [2.24, 2.45) is 0 Å². The van der Waals surface area contributed by atoms with Crippen molar-refractivity contribution in [3.63, 3.8) is 0 Å². The Hall–Kier alpha value is -2.57. The number of hydrogen-bond acceptors (Lipinski definition) is 5. The first-order valence-electron chi connectivity index (χ1n) is 8.89. The van der Waals surface area contributed by atoms with Crippen LogP contribution in [0.5, 0.6) is 11.5 Å². The van der Waals surface area contributed by atoms with Gasteiger partial charge >= 0.3 is 0 Å². The van der Waals surface area contributed by atoms with Crippen molar-refractivity contribution in [1.29, 1.82) is 0 Å². The zero-order chi connectivity index (χ0) is 19.5. The fourth-order valence-corrected chi connectivity index (χ4v) is 2.46. The van der Waals surface area contributed by atoms with Crippen LogP contribution < -0.4 is 14.8 Å². The quantitative estimate of drug-likeness (QED) is 0.632. The minimum Gasteiger partial charge on any atom is -0.497 e. The second-order valence-electron chi connectivity index (χ2n) is 6.17. The van der Waals surface area contributed by atoms with E-state index in [2.05, 4.69) is 5.32 Å². The number of ether oxygens (including phenoxy) is 3. The number of aryl methyl sites for hydroxylation is 1. The first-order chi connectivity index (χ1) is 13.1. The predicted molar refractivity (Wildman–Crippen MR) is 103 cm³/mol. The molecule has 0 saturated carbocycles. The Morgan fingerprint density at radius 2 is 1.52 bits per heavy atom. The van der Waals surface area contributed by atoms with Crippen LogP contribution in [0.15, 0.2) is 48.5 Å². The number of nitrogens with one attached hydrogen (secondary N) is 1. The molecule has 0 aliphatic carbocycles. The number of aliphatic hydroxyl groups is 1. The number of rotatable bonds is 11. The molecule has 2 aromatic rings. The number of aliphatic hydroxyl groups excluding tert-OH is 1. The molecule has 0 fully saturated rings. The molecule has 0 radical (unpaired) electrons. The van der Waals surface area contributed by atoms with Crippen LogP contribution in [0.4, 0.5) is 0 Å². The van der Waals surface area contributed by atoms with Crippen molar-refractivity contribution in [2.75, 3.05) is 27.4 Å². The highest BCUT2D eigenvalue weighted by atomic mass is 16.5. The summed E-state index contributed by atoms with van der Waals surface area (Å²) in [5.74, 6) is 1.48. The van der Waals surface area contributed by atoms with Crippen LogP contribution in [0, 0.1) is 0 Å². The third kappa shape index (κ3) is 7.68. The molecule has 2 N–H and O–H groups in total. The third-order valence-corrected chi connectivity index (χ3v) is 4.07. The van der Waals surface area contributed by atoms with Crippen LogP contribution in [-0.2, 0) is 22.6 Å². The van der Waals surface area contributed by atoms with Crippen LogP contribution in [0.1, 0.15) is 17.5 Å². The molecule has 1 amide bonds. The van der Waals surface area contributed by atoms with Crippen molar-refractivity contribution < 1.29 is 24.1 Å². The summed E-state index contributed by atoms with van der Waals surface area (Å²) in [6.07, 6.45) is 0.263. The van der Waals surface area contributed by atoms with E-state index in [9.17, 15) is 9.90 Å². The van der Waals surface area contributed by atoms with Gasteiger partial charge < -0.3 is 24.6 Å². The maximum atomic E-state index is 11.9. The second kappa shape index (κ2) is 11.2. The van der Waals surface area contributed by atoms with Gasteiger partial charge in [0.15, 0.2) is 0 Å². The summed E-state index contributed by atoms with van der Waals surface area (Å²) in [7, 11) is 3.24. The van der Waals surface area contributed by atoms with E-state index in [0.717, 1.165) is 22.6 Å². The van der Waals surface area contributed by atoms with Gasteiger partial charge in [0, 0.05) is 13.0 Å². The van der Waals surface area contributed by atoms with Crippen LogP contribution in [0.3, 0.4) is 0 Å². The lowest BCUT2D eigenvalue weighted by atomic mass is 10.1. The predicted octanol–water partition coefficient (Wildman–Crippen LogP) is 2.33. The van der Waals surface area contributed by atoms with Gasteiger partial charge in [-0.2, -0.15) is 0 Å². The molecule has 0 aliphatic heterocycles. The van der Waals surface area contributed by atoms with Crippen LogP contribution in [0.25, 0.3) is 0 Å². The first kappa shape index (κ1) is 20.7. The van der Waals surface area contributed by atoms with Crippen LogP contribution >= 0.6 is 0 Å². The molecular weight excluding hydrogens is 346 g/mol. The van der Waals surface area contributed by atoms with Gasteiger partial charge in [-0.1, -0.05) is 24.3 Å². The highest BCUT2D eigenvalue weighted by Crippen LogP contribution is 2.13. The number of hydrogen-bond donors (Lipinski definition) is 2. The van der Waals surface area contributed by atoms with Gasteiger partial charge in [0.25, 0.3) is 0 Å². The van der Waals surface area contributed by atoms with Crippen LogP contribution in [0.2, 0.25) is 0 Å². The van der Waals surface area contributed by atoms with Gasteiger partial charge in [-0.15, -0.1) is 0 Å². The summed E-state index contributed by atoms with van der Waals surface area (Å²) < 4.78 is 15.7. The average Bonchev–Trinajstić information content (AvgIpc) is 2.71. The van der Waals surface area contributed by atoms with E-state index in [4.69, 9.17) is 14.2 Å². The van der Waals surface area contributed by atoms with E-state index in [1.165, 1.54) is 0 Å². The van der Waals surface area contributed by atoms with E-state index in [-0.39, 0.29) is 19.1 Å². The average molecular weight is 373 g/mol. The first-order valence-corrected chi connectivity index (χ1v) is 8.89. The SMILES string of the molecule is COc1ccc(CCC(=O)NCC(O)COCc2ccc(OC)cc2)cc1. The van der Waals surface area contributed by atoms with Gasteiger partial charge in [-0.3, -0.25) is 4.79 Å². The Bertz CT molecular complexity index is 685. The van der Waals surface area contributed by atoms with E-state index in [0.29, 0.717) is 19.4 Å². The van der Waals surface area contributed by atoms with Gasteiger partial charge in [-0.25, -0.2) is 0 Å². The minimum absolute atomic E-state index is 0.0972. The minimum atomic E-state index is -0.742. The molecule has 1 atom stereocenters. The molecule has 2 rings (SSSR count). The third-order valence-electron chi connectivity index (χ3n) is 4.07. The van der Waals surface area contributed by atoms with E-state index < -0.39 is 6.10 Å². The molecule has 6 heteroatoms. The maximum absolute atomic E-state index is 11.9. The molecule has 6 nitrogen and oxygen atoms in total. The molecule has 2 aromatic carbocycles. The van der Waals surface area contributed by atoms with Crippen molar-refractivity contribution in [1.82, 2.24) is 5.32 Å². The normalized spacial score (nSPS) is 11.7. The van der Waals surface area contributed by atoms with Crippen molar-refractivity contribution in [2.45, 2.75) is 25.6 Å². The second-order valence-corrected chi connectivity index (χ2v) is 6.17. The van der Waals surface area contributed by atoms with E-state index in [1.54, 1.807) is 14.2 Å². The highest BCUT2D eigenvalue weighted by Gasteiger charge is 2.08. The molecule has 1 unspecified atom stereocenters. The lowest BCUT2D eigenvalue weighted by Crippen LogP contribution is -2.34. The number of carbonyl (C=O) groups excluding carboxylic acids is 1. The Labute approximate surface area is 160 Å². The van der Waals surface area contributed by atoms with E-state index in [1.807, 2.05) is 48.5 Å². The molecule has 0 aromatic heterocycles. The lowest BCUT2D eigenvalue weighted by Gasteiger charge is -2.13. The fraction of sp³-hybridized carbons (Fsp3) is 0.381. The summed E-state index contributed by atoms with van der Waals surface area (Å²) in [6, 6.07) is 15.2. The van der Waals surface area contributed by atoms with Crippen molar-refractivity contribution >= 4 is 5.91 Å². The number of carbonyl (C=O) groups is 1. The van der Waals surface area contributed by atoms with Crippen molar-refractivity contribution in [3.05, 3.63) is 59.7 Å². The van der Waals surface area contributed by atoms with Gasteiger partial charge in [0.1, 0.15) is 11.5 Å². The van der Waals surface area contributed by atoms with Gasteiger partial charge in [0.2, 0.25) is 5.91 Å². The molecule has 0 spiro atoms. The monoisotopic (exact) mass is 373 g/mol. The summed E-state index contributed by atoms with van der Waals surface area (Å²) in [5, 5.41) is 12.7. The van der Waals surface area contributed by atoms with Crippen LogP contribution in [-0.4, -0.2) is 44.5 Å². The topological polar surface area (TPSA) is 77.0 Å². The largest absolute Gasteiger partial charge is 0.497 e. The van der Waals surface area contributed by atoms with Gasteiger partial charge in [-0.05, 0) is 41.8 Å². The zero-order valence-electron chi connectivity index (χ0n) is 15.8. The molecule has 0 bridgehead atoms. The Kier molecular flexibility index (Phi) is 8.61. The summed E-state index contributed by atoms with van der Waals surface area (Å²) in [5.41, 5.74) is 2.06. The van der Waals surface area contributed by atoms with Gasteiger partial charge in [0.05, 0.1) is 33.5 Å². The fourth-order valence-electron chi connectivity index (χ4n) is 2.46. The summed E-state index contributed by atoms with van der Waals surface area (Å²) >= 11 is 0. The smallest absolute Gasteiger partial charge is 0.220 e.